The number of hydrogen-bond donors (Lipinski definition) is 1. The van der Waals surface area contributed by atoms with Crippen LogP contribution in [0, 0.1) is 0 Å². The van der Waals surface area contributed by atoms with Crippen molar-refractivity contribution < 1.29 is 20.1 Å². The Hall–Kier alpha value is -1.88. The Morgan fingerprint density at radius 3 is 2.47 bits per heavy atom. The maximum atomic E-state index is 11.7. The van der Waals surface area contributed by atoms with Gasteiger partial charge in [-0.15, -0.1) is 0 Å². The molecule has 0 radical (unpaired) electrons. The largest absolute Gasteiger partial charge is 0.494 e. The minimum absolute atomic E-state index is 0.187. The molecule has 0 spiro atoms. The first-order valence-electron chi connectivity index (χ1n) is 5.56. The van der Waals surface area contributed by atoms with Gasteiger partial charge in [0.05, 0.1) is 18.7 Å². The van der Waals surface area contributed by atoms with Gasteiger partial charge in [-0.25, -0.2) is 4.90 Å². The summed E-state index contributed by atoms with van der Waals surface area (Å²) in [7, 11) is 0. The lowest BCUT2D eigenvalue weighted by molar-refractivity contribution is -0.399. The molecule has 90 valence electrons. The number of benzene rings is 1. The number of amides is 2. The number of nitrogens with zero attached hydrogens (tertiary/aromatic N) is 1. The second-order valence-corrected chi connectivity index (χ2v) is 3.90. The highest BCUT2D eigenvalue weighted by molar-refractivity contribution is 6.21. The van der Waals surface area contributed by atoms with Crippen LogP contribution in [0.2, 0.25) is 0 Å². The molecule has 3 N–H and O–H groups in total. The van der Waals surface area contributed by atoms with Crippen LogP contribution in [0.1, 0.15) is 13.3 Å². The summed E-state index contributed by atoms with van der Waals surface area (Å²) in [4.78, 5) is 24.6. The van der Waals surface area contributed by atoms with Gasteiger partial charge in [-0.2, -0.15) is 0 Å². The van der Waals surface area contributed by atoms with Gasteiger partial charge < -0.3 is 10.5 Å². The molecule has 0 aromatic heterocycles. The maximum absolute atomic E-state index is 11.7. The van der Waals surface area contributed by atoms with E-state index in [0.717, 1.165) is 5.75 Å². The van der Waals surface area contributed by atoms with E-state index in [2.05, 4.69) is 5.73 Å². The van der Waals surface area contributed by atoms with E-state index < -0.39 is 6.04 Å². The lowest BCUT2D eigenvalue weighted by atomic mass is 10.2. The summed E-state index contributed by atoms with van der Waals surface area (Å²) in [6.07, 6.45) is 0.187. The molecule has 1 aromatic carbocycles. The van der Waals surface area contributed by atoms with Gasteiger partial charge in [0.25, 0.3) is 5.91 Å². The lowest BCUT2D eigenvalue weighted by Crippen LogP contribution is -2.64. The Balaban J connectivity index is 2.22. The molecule has 1 heterocycles. The fourth-order valence-electron chi connectivity index (χ4n) is 1.82. The summed E-state index contributed by atoms with van der Waals surface area (Å²) < 4.78 is 5.30. The maximum Gasteiger partial charge on any atom is 0.292 e. The van der Waals surface area contributed by atoms with Crippen molar-refractivity contribution in [1.82, 2.24) is 0 Å². The molecule has 0 saturated carbocycles. The summed E-state index contributed by atoms with van der Waals surface area (Å²) in [6, 6.07) is 6.44. The predicted octanol–water partition coefficient (Wildman–Crippen LogP) is -0.0409. The normalized spacial score (nSPS) is 19.9. The van der Waals surface area contributed by atoms with Crippen LogP contribution in [0.25, 0.3) is 0 Å². The van der Waals surface area contributed by atoms with Crippen LogP contribution < -0.4 is 15.4 Å². The second kappa shape index (κ2) is 4.55. The molecule has 0 aliphatic carbocycles. The van der Waals surface area contributed by atoms with Crippen LogP contribution in [0.5, 0.6) is 5.75 Å². The summed E-state index contributed by atoms with van der Waals surface area (Å²) in [5.41, 5.74) is 4.23. The number of imide groups is 1. The SMILES string of the molecule is CCOc1ccc(N2C(=O)C[C@@H]([NH3+])C2=O)cc1. The number of carbonyl (C=O) groups is 2. The number of quaternary nitrogens is 1. The van der Waals surface area contributed by atoms with E-state index >= 15 is 0 Å². The van der Waals surface area contributed by atoms with Crippen molar-refractivity contribution >= 4 is 17.5 Å². The standard InChI is InChI=1S/C12H14N2O3/c1-2-17-9-5-3-8(4-6-9)14-11(15)7-10(13)12(14)16/h3-6,10H,2,7,13H2,1H3/p+1/t10-/m1/s1. The Bertz CT molecular complexity index is 442. The number of carbonyl (C=O) groups excluding carboxylic acids is 2. The van der Waals surface area contributed by atoms with Gasteiger partial charge in [0.2, 0.25) is 5.91 Å². The third-order valence-corrected chi connectivity index (χ3v) is 2.65. The van der Waals surface area contributed by atoms with E-state index in [9.17, 15) is 9.59 Å². The molecule has 0 bridgehead atoms. The molecular formula is C12H15N2O3+. The van der Waals surface area contributed by atoms with Gasteiger partial charge in [-0.1, -0.05) is 0 Å². The third-order valence-electron chi connectivity index (χ3n) is 2.65. The first-order chi connectivity index (χ1) is 8.13. The van der Waals surface area contributed by atoms with E-state index in [1.807, 2.05) is 6.92 Å². The number of anilines is 1. The number of rotatable bonds is 3. The Morgan fingerprint density at radius 1 is 1.35 bits per heavy atom. The van der Waals surface area contributed by atoms with Crippen molar-refractivity contribution in [2.75, 3.05) is 11.5 Å². The Morgan fingerprint density at radius 2 is 2.00 bits per heavy atom. The molecule has 5 nitrogen and oxygen atoms in total. The Labute approximate surface area is 99.2 Å². The molecule has 5 heteroatoms. The molecule has 1 aliphatic heterocycles. The van der Waals surface area contributed by atoms with Crippen LogP contribution in [0.3, 0.4) is 0 Å². The van der Waals surface area contributed by atoms with Gasteiger partial charge in [-0.05, 0) is 31.2 Å². The van der Waals surface area contributed by atoms with Crippen molar-refractivity contribution in [3.05, 3.63) is 24.3 Å². The van der Waals surface area contributed by atoms with Crippen molar-refractivity contribution in [2.24, 2.45) is 0 Å². The van der Waals surface area contributed by atoms with E-state index in [0.29, 0.717) is 12.3 Å². The van der Waals surface area contributed by atoms with E-state index in [1.54, 1.807) is 24.3 Å². The fourth-order valence-corrected chi connectivity index (χ4v) is 1.82. The van der Waals surface area contributed by atoms with Crippen LogP contribution >= 0.6 is 0 Å². The van der Waals surface area contributed by atoms with Crippen LogP contribution in [-0.2, 0) is 9.59 Å². The molecule has 1 aromatic rings. The molecule has 2 amide bonds. The van der Waals surface area contributed by atoms with Gasteiger partial charge >= 0.3 is 0 Å². The zero-order valence-electron chi connectivity index (χ0n) is 9.68. The minimum Gasteiger partial charge on any atom is -0.494 e. The molecular weight excluding hydrogens is 220 g/mol. The zero-order valence-corrected chi connectivity index (χ0v) is 9.68. The van der Waals surface area contributed by atoms with Gasteiger partial charge in [-0.3, -0.25) is 9.59 Å². The van der Waals surface area contributed by atoms with Gasteiger partial charge in [0.1, 0.15) is 5.75 Å². The second-order valence-electron chi connectivity index (χ2n) is 3.90. The van der Waals surface area contributed by atoms with E-state index in [4.69, 9.17) is 4.74 Å². The first-order valence-corrected chi connectivity index (χ1v) is 5.56. The van der Waals surface area contributed by atoms with Crippen molar-refractivity contribution in [3.8, 4) is 5.75 Å². The van der Waals surface area contributed by atoms with Crippen molar-refractivity contribution in [3.63, 3.8) is 0 Å². The first kappa shape index (κ1) is 11.6. The number of ether oxygens (including phenoxy) is 1. The van der Waals surface area contributed by atoms with Crippen LogP contribution in [-0.4, -0.2) is 24.5 Å². The summed E-state index contributed by atoms with van der Waals surface area (Å²) in [5, 5.41) is 0. The van der Waals surface area contributed by atoms with Crippen LogP contribution in [0.15, 0.2) is 24.3 Å². The summed E-state index contributed by atoms with van der Waals surface area (Å²) in [5.74, 6) is 0.292. The molecule has 1 saturated heterocycles. The molecule has 1 atom stereocenters. The molecule has 17 heavy (non-hydrogen) atoms. The predicted molar refractivity (Wildman–Crippen MR) is 61.4 cm³/mol. The lowest BCUT2D eigenvalue weighted by Gasteiger charge is -2.13. The monoisotopic (exact) mass is 235 g/mol. The van der Waals surface area contributed by atoms with Crippen molar-refractivity contribution in [1.29, 1.82) is 0 Å². The molecule has 0 unspecified atom stereocenters. The highest BCUT2D eigenvalue weighted by Crippen LogP contribution is 2.24. The fraction of sp³-hybridized carbons (Fsp3) is 0.333. The zero-order chi connectivity index (χ0) is 12.4. The average molecular weight is 235 g/mol. The summed E-state index contributed by atoms with van der Waals surface area (Å²) >= 11 is 0. The van der Waals surface area contributed by atoms with Crippen LogP contribution in [0.4, 0.5) is 5.69 Å². The minimum atomic E-state index is -0.464. The quantitative estimate of drug-likeness (QED) is 0.747. The summed E-state index contributed by atoms with van der Waals surface area (Å²) in [6.45, 7) is 2.48. The van der Waals surface area contributed by atoms with Gasteiger partial charge in [0.15, 0.2) is 6.04 Å². The third kappa shape index (κ3) is 2.14. The molecule has 1 aliphatic rings. The highest BCUT2D eigenvalue weighted by atomic mass is 16.5. The van der Waals surface area contributed by atoms with E-state index in [1.165, 1.54) is 4.90 Å². The topological polar surface area (TPSA) is 74.2 Å². The highest BCUT2D eigenvalue weighted by Gasteiger charge is 2.39. The molecule has 2 rings (SSSR count). The Kier molecular flexibility index (Phi) is 3.10. The van der Waals surface area contributed by atoms with Crippen molar-refractivity contribution in [2.45, 2.75) is 19.4 Å². The molecule has 1 fully saturated rings. The number of hydrogen-bond acceptors (Lipinski definition) is 3. The average Bonchev–Trinajstić information content (AvgIpc) is 2.55. The van der Waals surface area contributed by atoms with E-state index in [-0.39, 0.29) is 18.2 Å². The van der Waals surface area contributed by atoms with Gasteiger partial charge in [0, 0.05) is 0 Å². The smallest absolute Gasteiger partial charge is 0.292 e.